The molecule has 6 heteroatoms. The lowest BCUT2D eigenvalue weighted by Gasteiger charge is -2.43. The van der Waals surface area contributed by atoms with Crippen LogP contribution in [0.5, 0.6) is 0 Å². The first kappa shape index (κ1) is 20.0. The number of Topliss-reactive ketones (excluding diaryl/α,β-unsaturated/α-hetero) is 1. The van der Waals surface area contributed by atoms with E-state index < -0.39 is 10.8 Å². The molecule has 1 aliphatic heterocycles. The lowest BCUT2D eigenvalue weighted by molar-refractivity contribution is -0.384. The van der Waals surface area contributed by atoms with Gasteiger partial charge in [-0.25, -0.2) is 0 Å². The first-order valence-corrected chi connectivity index (χ1v) is 10.1. The van der Waals surface area contributed by atoms with Crippen LogP contribution in [0.15, 0.2) is 59.8 Å². The molecule has 2 aromatic carbocycles. The summed E-state index contributed by atoms with van der Waals surface area (Å²) in [6.45, 7) is 6.02. The second-order valence-electron chi connectivity index (χ2n) is 8.93. The fraction of sp³-hybridized carbons (Fsp3) is 0.333. The van der Waals surface area contributed by atoms with Gasteiger partial charge in [0.1, 0.15) is 0 Å². The molecule has 30 heavy (non-hydrogen) atoms. The summed E-state index contributed by atoms with van der Waals surface area (Å²) in [7, 11) is 0. The normalized spacial score (nSPS) is 20.9. The maximum atomic E-state index is 13.4. The van der Waals surface area contributed by atoms with Crippen molar-refractivity contribution in [3.05, 3.63) is 81.0 Å². The van der Waals surface area contributed by atoms with Crippen LogP contribution in [0.25, 0.3) is 0 Å². The molecule has 6 nitrogen and oxygen atoms in total. The minimum absolute atomic E-state index is 0.0174. The van der Waals surface area contributed by atoms with Gasteiger partial charge in [-0.3, -0.25) is 24.6 Å². The summed E-state index contributed by atoms with van der Waals surface area (Å²) in [5.74, 6) is -0.537. The Balaban J connectivity index is 1.92. The summed E-state index contributed by atoms with van der Waals surface area (Å²) >= 11 is 0. The summed E-state index contributed by atoms with van der Waals surface area (Å²) in [6.07, 6.45) is 1.10. The molecular formula is C24H24N2O4. The zero-order valence-corrected chi connectivity index (χ0v) is 17.3. The third-order valence-electron chi connectivity index (χ3n) is 5.98. The molecule has 2 aliphatic rings. The maximum absolute atomic E-state index is 13.4. The van der Waals surface area contributed by atoms with Crippen LogP contribution >= 0.6 is 0 Å². The number of anilines is 1. The molecule has 1 heterocycles. The molecule has 1 unspecified atom stereocenters. The monoisotopic (exact) mass is 404 g/mol. The Kier molecular flexibility index (Phi) is 4.80. The predicted molar refractivity (Wildman–Crippen MR) is 114 cm³/mol. The molecule has 0 spiro atoms. The van der Waals surface area contributed by atoms with Crippen LogP contribution in [0.3, 0.4) is 0 Å². The molecule has 0 saturated heterocycles. The fourth-order valence-corrected chi connectivity index (χ4v) is 4.65. The van der Waals surface area contributed by atoms with Crippen molar-refractivity contribution in [2.75, 3.05) is 4.90 Å². The van der Waals surface area contributed by atoms with Crippen molar-refractivity contribution in [2.24, 2.45) is 5.41 Å². The predicted octanol–water partition coefficient (Wildman–Crippen LogP) is 5.07. The van der Waals surface area contributed by atoms with E-state index in [2.05, 4.69) is 0 Å². The van der Waals surface area contributed by atoms with Crippen LogP contribution in [0, 0.1) is 22.5 Å². The van der Waals surface area contributed by atoms with Crippen LogP contribution in [-0.2, 0) is 9.59 Å². The van der Waals surface area contributed by atoms with E-state index in [0.29, 0.717) is 24.0 Å². The van der Waals surface area contributed by atoms with Gasteiger partial charge in [0.25, 0.3) is 5.69 Å². The minimum Gasteiger partial charge on any atom is -0.294 e. The number of ketones is 1. The van der Waals surface area contributed by atoms with Crippen molar-refractivity contribution in [1.29, 1.82) is 0 Å². The van der Waals surface area contributed by atoms with Gasteiger partial charge in [0.15, 0.2) is 5.78 Å². The molecule has 4 rings (SSSR count). The smallest absolute Gasteiger partial charge is 0.269 e. The number of non-ortho nitro benzene ring substituents is 1. The number of nitrogens with zero attached hydrogens (tertiary/aromatic N) is 2. The van der Waals surface area contributed by atoms with E-state index in [-0.39, 0.29) is 29.2 Å². The number of amides is 1. The Morgan fingerprint density at radius 1 is 1.07 bits per heavy atom. The SMILES string of the molecule is Cc1ccccc1N1C(=O)CC(c2cccc([N+](=O)[O-])c2)C2=C1CC(C)(C)CC2=O. The highest BCUT2D eigenvalue weighted by Crippen LogP contribution is 2.48. The summed E-state index contributed by atoms with van der Waals surface area (Å²) in [5, 5.41) is 11.3. The molecule has 154 valence electrons. The Labute approximate surface area is 175 Å². The third kappa shape index (κ3) is 3.43. The molecule has 0 saturated carbocycles. The van der Waals surface area contributed by atoms with Gasteiger partial charge in [-0.2, -0.15) is 0 Å². The van der Waals surface area contributed by atoms with Crippen LogP contribution in [-0.4, -0.2) is 16.6 Å². The Morgan fingerprint density at radius 3 is 2.50 bits per heavy atom. The van der Waals surface area contributed by atoms with Crippen LogP contribution in [0.2, 0.25) is 0 Å². The van der Waals surface area contributed by atoms with Gasteiger partial charge in [0, 0.05) is 42.2 Å². The van der Waals surface area contributed by atoms with E-state index in [9.17, 15) is 19.7 Å². The number of rotatable bonds is 3. The number of allylic oxidation sites excluding steroid dienone is 2. The Hall–Kier alpha value is -3.28. The molecule has 0 aromatic heterocycles. The van der Waals surface area contributed by atoms with E-state index in [1.807, 2.05) is 45.0 Å². The number of aryl methyl sites for hydroxylation is 1. The van der Waals surface area contributed by atoms with Gasteiger partial charge in [0.2, 0.25) is 5.91 Å². The molecule has 0 N–H and O–H groups in total. The number of nitro groups is 1. The fourth-order valence-electron chi connectivity index (χ4n) is 4.65. The van der Waals surface area contributed by atoms with Gasteiger partial charge in [-0.1, -0.05) is 44.2 Å². The van der Waals surface area contributed by atoms with E-state index in [4.69, 9.17) is 0 Å². The molecule has 1 aliphatic carbocycles. The van der Waals surface area contributed by atoms with Crippen LogP contribution < -0.4 is 4.90 Å². The summed E-state index contributed by atoms with van der Waals surface area (Å²) in [5.41, 5.74) is 3.45. The van der Waals surface area contributed by atoms with Crippen molar-refractivity contribution < 1.29 is 14.5 Å². The molecular weight excluding hydrogens is 380 g/mol. The molecule has 0 fully saturated rings. The average Bonchev–Trinajstić information content (AvgIpc) is 2.67. The quantitative estimate of drug-likeness (QED) is 0.528. The highest BCUT2D eigenvalue weighted by Gasteiger charge is 2.44. The topological polar surface area (TPSA) is 80.5 Å². The van der Waals surface area contributed by atoms with Gasteiger partial charge >= 0.3 is 0 Å². The number of nitro benzene ring substituents is 1. The van der Waals surface area contributed by atoms with Gasteiger partial charge in [-0.15, -0.1) is 0 Å². The zero-order valence-electron chi connectivity index (χ0n) is 17.3. The van der Waals surface area contributed by atoms with Crippen molar-refractivity contribution in [3.8, 4) is 0 Å². The zero-order chi connectivity index (χ0) is 21.6. The molecule has 1 amide bonds. The highest BCUT2D eigenvalue weighted by molar-refractivity contribution is 6.08. The minimum atomic E-state index is -0.462. The second kappa shape index (κ2) is 7.20. The van der Waals surface area contributed by atoms with Crippen molar-refractivity contribution >= 4 is 23.1 Å². The first-order valence-electron chi connectivity index (χ1n) is 10.1. The van der Waals surface area contributed by atoms with Crippen LogP contribution in [0.1, 0.15) is 50.2 Å². The number of benzene rings is 2. The lowest BCUT2D eigenvalue weighted by Crippen LogP contribution is -2.44. The van der Waals surface area contributed by atoms with Gasteiger partial charge in [0.05, 0.1) is 10.6 Å². The first-order chi connectivity index (χ1) is 14.2. The van der Waals surface area contributed by atoms with Gasteiger partial charge in [-0.05, 0) is 36.0 Å². The second-order valence-corrected chi connectivity index (χ2v) is 8.93. The summed E-state index contributed by atoms with van der Waals surface area (Å²) in [6, 6.07) is 14.0. The Bertz CT molecular complexity index is 1100. The maximum Gasteiger partial charge on any atom is 0.269 e. The third-order valence-corrected chi connectivity index (χ3v) is 5.98. The standard InChI is InChI=1S/C24H24N2O4/c1-15-7-4-5-10-19(15)25-20-13-24(2,3)14-21(27)23(20)18(12-22(25)28)16-8-6-9-17(11-16)26(29)30/h4-11,18H,12-14H2,1-3H3. The molecule has 0 bridgehead atoms. The van der Waals surface area contributed by atoms with E-state index in [0.717, 1.165) is 16.9 Å². The van der Waals surface area contributed by atoms with Gasteiger partial charge < -0.3 is 0 Å². The lowest BCUT2D eigenvalue weighted by atomic mass is 9.69. The summed E-state index contributed by atoms with van der Waals surface area (Å²) in [4.78, 5) is 39.2. The Morgan fingerprint density at radius 2 is 1.80 bits per heavy atom. The van der Waals surface area contributed by atoms with Crippen molar-refractivity contribution in [1.82, 2.24) is 0 Å². The van der Waals surface area contributed by atoms with E-state index >= 15 is 0 Å². The summed E-state index contributed by atoms with van der Waals surface area (Å²) < 4.78 is 0. The number of hydrogen-bond donors (Lipinski definition) is 0. The number of carbonyl (C=O) groups is 2. The average molecular weight is 404 g/mol. The van der Waals surface area contributed by atoms with Crippen LogP contribution in [0.4, 0.5) is 11.4 Å². The van der Waals surface area contributed by atoms with Crippen molar-refractivity contribution in [3.63, 3.8) is 0 Å². The number of para-hydroxylation sites is 1. The molecule has 1 atom stereocenters. The molecule has 2 aromatic rings. The molecule has 0 radical (unpaired) electrons. The highest BCUT2D eigenvalue weighted by atomic mass is 16.6. The largest absolute Gasteiger partial charge is 0.294 e. The number of carbonyl (C=O) groups excluding carboxylic acids is 2. The van der Waals surface area contributed by atoms with E-state index in [1.165, 1.54) is 12.1 Å². The number of hydrogen-bond acceptors (Lipinski definition) is 4. The van der Waals surface area contributed by atoms with Crippen molar-refractivity contribution in [2.45, 2.75) is 46.0 Å². The van der Waals surface area contributed by atoms with E-state index in [1.54, 1.807) is 17.0 Å².